The van der Waals surface area contributed by atoms with E-state index in [4.69, 9.17) is 15.3 Å². The Kier molecular flexibility index (Phi) is 5.81. The maximum Gasteiger partial charge on any atom is 0.279 e. The van der Waals surface area contributed by atoms with Crippen LogP contribution >= 0.6 is 8.58 Å². The molecule has 0 aromatic rings. The van der Waals surface area contributed by atoms with Crippen LogP contribution in [0.15, 0.2) is 0 Å². The third-order valence-corrected chi connectivity index (χ3v) is 1.24. The van der Waals surface area contributed by atoms with E-state index >= 15 is 0 Å². The second kappa shape index (κ2) is 4.18. The smallest absolute Gasteiger partial charge is 0.279 e. The van der Waals surface area contributed by atoms with Crippen molar-refractivity contribution in [2.24, 2.45) is 0 Å². The topological polar surface area (TPSA) is 92.2 Å². The second-order valence-electron chi connectivity index (χ2n) is 1.30. The molecular weight excluding hydrogens is 131 g/mol. The van der Waals surface area contributed by atoms with Crippen molar-refractivity contribution < 1.29 is 20.8 Å². The molecule has 0 radical (unpaired) electrons. The molecule has 0 aromatic carbocycles. The standard InChI is InChI=1S/C3H9O3P.H2O/c1-7-2-3(4,5)6;/h4-7H,2H2,1H3;1H2. The van der Waals surface area contributed by atoms with Crippen molar-refractivity contribution in [2.75, 3.05) is 12.8 Å². The van der Waals surface area contributed by atoms with E-state index in [0.717, 1.165) is 0 Å². The average Bonchev–Trinajstić information content (AvgIpc) is 1.30. The van der Waals surface area contributed by atoms with Gasteiger partial charge in [-0.2, -0.15) is 0 Å². The van der Waals surface area contributed by atoms with Crippen LogP contribution in [0.1, 0.15) is 0 Å². The zero-order chi connectivity index (χ0) is 5.91. The highest BCUT2D eigenvalue weighted by Crippen LogP contribution is 2.08. The van der Waals surface area contributed by atoms with Crippen LogP contribution in [-0.4, -0.2) is 39.6 Å². The molecule has 52 valence electrons. The second-order valence-corrected chi connectivity index (χ2v) is 2.37. The first kappa shape index (κ1) is 11.1. The zero-order valence-corrected chi connectivity index (χ0v) is 5.55. The van der Waals surface area contributed by atoms with Crippen LogP contribution in [0.5, 0.6) is 0 Å². The largest absolute Gasteiger partial charge is 0.412 e. The molecule has 0 saturated carbocycles. The van der Waals surface area contributed by atoms with E-state index < -0.39 is 5.97 Å². The summed E-state index contributed by atoms with van der Waals surface area (Å²) in [5, 5.41) is 24.4. The highest BCUT2D eigenvalue weighted by molar-refractivity contribution is 7.37. The van der Waals surface area contributed by atoms with E-state index in [9.17, 15) is 0 Å². The highest BCUT2D eigenvalue weighted by Gasteiger charge is 2.14. The molecule has 8 heavy (non-hydrogen) atoms. The molecule has 0 aliphatic heterocycles. The summed E-state index contributed by atoms with van der Waals surface area (Å²) in [6, 6.07) is 0. The van der Waals surface area contributed by atoms with Gasteiger partial charge in [-0.05, 0) is 6.66 Å². The van der Waals surface area contributed by atoms with Crippen molar-refractivity contribution in [2.45, 2.75) is 5.97 Å². The zero-order valence-electron chi connectivity index (χ0n) is 4.55. The normalized spacial score (nSPS) is 12.0. The van der Waals surface area contributed by atoms with Crippen molar-refractivity contribution in [3.63, 3.8) is 0 Å². The number of rotatable bonds is 2. The maximum absolute atomic E-state index is 8.14. The SMILES string of the molecule is CPCC(O)(O)O.O. The monoisotopic (exact) mass is 142 g/mol. The Hall–Kier alpha value is 0.270. The molecule has 0 amide bonds. The summed E-state index contributed by atoms with van der Waals surface area (Å²) in [4.78, 5) is 0. The van der Waals surface area contributed by atoms with Crippen molar-refractivity contribution in [1.29, 1.82) is 0 Å². The highest BCUT2D eigenvalue weighted by atomic mass is 31.1. The van der Waals surface area contributed by atoms with Gasteiger partial charge in [-0.3, -0.25) is 0 Å². The van der Waals surface area contributed by atoms with Gasteiger partial charge in [0.15, 0.2) is 0 Å². The van der Waals surface area contributed by atoms with Gasteiger partial charge in [0.1, 0.15) is 0 Å². The molecule has 5 heteroatoms. The summed E-state index contributed by atoms with van der Waals surface area (Å²) in [5.41, 5.74) is 0. The Morgan fingerprint density at radius 3 is 1.75 bits per heavy atom. The third-order valence-electron chi connectivity index (χ3n) is 0.414. The first-order chi connectivity index (χ1) is 3.06. The fraction of sp³-hybridized carbons (Fsp3) is 1.00. The minimum atomic E-state index is -2.44. The van der Waals surface area contributed by atoms with E-state index in [2.05, 4.69) is 0 Å². The molecule has 0 spiro atoms. The van der Waals surface area contributed by atoms with Crippen molar-refractivity contribution >= 4 is 8.58 Å². The van der Waals surface area contributed by atoms with E-state index in [-0.39, 0.29) is 11.6 Å². The van der Waals surface area contributed by atoms with Crippen molar-refractivity contribution in [3.05, 3.63) is 0 Å². The first-order valence-corrected chi connectivity index (χ1v) is 3.59. The summed E-state index contributed by atoms with van der Waals surface area (Å²) >= 11 is 0. The number of hydrogen-bond acceptors (Lipinski definition) is 3. The summed E-state index contributed by atoms with van der Waals surface area (Å²) < 4.78 is 0. The van der Waals surface area contributed by atoms with Crippen LogP contribution in [0.4, 0.5) is 0 Å². The summed E-state index contributed by atoms with van der Waals surface area (Å²) in [6.45, 7) is 1.78. The van der Waals surface area contributed by atoms with Gasteiger partial charge in [-0.1, -0.05) is 0 Å². The van der Waals surface area contributed by atoms with Gasteiger partial charge in [-0.15, -0.1) is 8.58 Å². The van der Waals surface area contributed by atoms with Crippen LogP contribution in [-0.2, 0) is 0 Å². The number of aliphatic hydroxyl groups is 3. The van der Waals surface area contributed by atoms with E-state index in [0.29, 0.717) is 8.58 Å². The lowest BCUT2D eigenvalue weighted by Crippen LogP contribution is -2.29. The Labute approximate surface area is 49.2 Å². The Bertz CT molecular complexity index is 49.7. The lowest BCUT2D eigenvalue weighted by Gasteiger charge is -2.10. The lowest BCUT2D eigenvalue weighted by molar-refractivity contribution is -0.293. The van der Waals surface area contributed by atoms with Gasteiger partial charge in [0.2, 0.25) is 0 Å². The van der Waals surface area contributed by atoms with Gasteiger partial charge in [0, 0.05) is 6.16 Å². The molecule has 0 heterocycles. The Morgan fingerprint density at radius 1 is 1.38 bits per heavy atom. The first-order valence-electron chi connectivity index (χ1n) is 1.88. The number of hydrogen-bond donors (Lipinski definition) is 3. The third kappa shape index (κ3) is 9.55. The summed E-state index contributed by atoms with van der Waals surface area (Å²) in [5.74, 6) is -2.44. The molecule has 0 rings (SSSR count). The van der Waals surface area contributed by atoms with Crippen molar-refractivity contribution in [1.82, 2.24) is 0 Å². The summed E-state index contributed by atoms with van der Waals surface area (Å²) in [6.07, 6.45) is 0.0347. The van der Waals surface area contributed by atoms with Gasteiger partial charge in [0.25, 0.3) is 5.97 Å². The van der Waals surface area contributed by atoms with Gasteiger partial charge in [-0.25, -0.2) is 0 Å². The Balaban J connectivity index is 0. The molecule has 0 bridgehead atoms. The predicted octanol–water partition coefficient (Wildman–Crippen LogP) is -1.90. The van der Waals surface area contributed by atoms with Crippen LogP contribution < -0.4 is 0 Å². The van der Waals surface area contributed by atoms with Crippen LogP contribution in [0, 0.1) is 0 Å². The Morgan fingerprint density at radius 2 is 1.75 bits per heavy atom. The molecule has 4 nitrogen and oxygen atoms in total. The van der Waals surface area contributed by atoms with Crippen LogP contribution in [0.2, 0.25) is 0 Å². The molecular formula is C3H11O4P. The predicted molar refractivity (Wildman–Crippen MR) is 32.1 cm³/mol. The lowest BCUT2D eigenvalue weighted by atomic mass is 10.7. The van der Waals surface area contributed by atoms with Gasteiger partial charge < -0.3 is 20.8 Å². The quantitative estimate of drug-likeness (QED) is 0.310. The molecule has 0 fully saturated rings. The molecule has 0 aromatic heterocycles. The van der Waals surface area contributed by atoms with Crippen LogP contribution in [0.3, 0.4) is 0 Å². The molecule has 0 saturated heterocycles. The molecule has 1 atom stereocenters. The maximum atomic E-state index is 8.14. The van der Waals surface area contributed by atoms with E-state index in [1.54, 1.807) is 6.66 Å². The molecule has 0 aliphatic rings. The summed E-state index contributed by atoms with van der Waals surface area (Å²) in [7, 11) is 0.359. The average molecular weight is 142 g/mol. The van der Waals surface area contributed by atoms with E-state index in [1.807, 2.05) is 0 Å². The minimum Gasteiger partial charge on any atom is -0.412 e. The van der Waals surface area contributed by atoms with Gasteiger partial charge >= 0.3 is 0 Å². The molecule has 0 aliphatic carbocycles. The van der Waals surface area contributed by atoms with Crippen molar-refractivity contribution in [3.8, 4) is 0 Å². The van der Waals surface area contributed by atoms with E-state index in [1.165, 1.54) is 0 Å². The van der Waals surface area contributed by atoms with Crippen LogP contribution in [0.25, 0.3) is 0 Å². The van der Waals surface area contributed by atoms with Gasteiger partial charge in [0.05, 0.1) is 0 Å². The molecule has 1 unspecified atom stereocenters. The fourth-order valence-corrected chi connectivity index (χ4v) is 0.712. The minimum absolute atomic E-state index is 0. The fourth-order valence-electron chi connectivity index (χ4n) is 0.237. The molecule has 5 N–H and O–H groups in total.